The summed E-state index contributed by atoms with van der Waals surface area (Å²) >= 11 is 3.30. The van der Waals surface area contributed by atoms with Crippen molar-refractivity contribution in [2.45, 2.75) is 4.90 Å². The molecule has 0 saturated carbocycles. The zero-order chi connectivity index (χ0) is 18.4. The Morgan fingerprint density at radius 1 is 0.920 bits per heavy atom. The first-order chi connectivity index (χ1) is 11.8. The zero-order valence-corrected chi connectivity index (χ0v) is 15.9. The van der Waals surface area contributed by atoms with Crippen molar-refractivity contribution in [2.24, 2.45) is 0 Å². The van der Waals surface area contributed by atoms with Crippen LogP contribution in [0.3, 0.4) is 0 Å². The highest BCUT2D eigenvalue weighted by Crippen LogP contribution is 2.11. The predicted molar refractivity (Wildman–Crippen MR) is 98.4 cm³/mol. The normalized spacial score (nSPS) is 11.0. The Morgan fingerprint density at radius 3 is 2.00 bits per heavy atom. The molecule has 0 aromatic heterocycles. The summed E-state index contributed by atoms with van der Waals surface area (Å²) in [5, 5.41) is 5.37. The van der Waals surface area contributed by atoms with E-state index in [1.165, 1.54) is 24.3 Å². The van der Waals surface area contributed by atoms with Gasteiger partial charge in [-0.05, 0) is 42.5 Å². The Morgan fingerprint density at radius 2 is 1.48 bits per heavy atom. The molecular formula is C17H17BrN2O4S. The summed E-state index contributed by atoms with van der Waals surface area (Å²) in [5.41, 5.74) is 0.878. The fourth-order valence-electron chi connectivity index (χ4n) is 2.04. The number of nitrogens with one attached hydrogen (secondary N) is 2. The van der Waals surface area contributed by atoms with Gasteiger partial charge in [-0.15, -0.1) is 0 Å². The van der Waals surface area contributed by atoms with Crippen LogP contribution in [0.15, 0.2) is 57.9 Å². The van der Waals surface area contributed by atoms with E-state index < -0.39 is 9.84 Å². The average Bonchev–Trinajstić information content (AvgIpc) is 2.57. The Kier molecular flexibility index (Phi) is 6.33. The van der Waals surface area contributed by atoms with Gasteiger partial charge in [0.25, 0.3) is 11.8 Å². The van der Waals surface area contributed by atoms with Crippen LogP contribution in [0.1, 0.15) is 20.7 Å². The molecule has 2 N–H and O–H groups in total. The first-order valence-electron chi connectivity index (χ1n) is 7.39. The van der Waals surface area contributed by atoms with Gasteiger partial charge in [0.15, 0.2) is 9.84 Å². The maximum atomic E-state index is 12.0. The lowest BCUT2D eigenvalue weighted by atomic mass is 10.2. The summed E-state index contributed by atoms with van der Waals surface area (Å²) in [6.07, 6.45) is 1.11. The molecule has 0 bridgehead atoms. The molecule has 2 aromatic rings. The molecule has 132 valence electrons. The lowest BCUT2D eigenvalue weighted by Gasteiger charge is -2.08. The van der Waals surface area contributed by atoms with Gasteiger partial charge in [-0.3, -0.25) is 9.59 Å². The van der Waals surface area contributed by atoms with E-state index in [9.17, 15) is 18.0 Å². The zero-order valence-electron chi connectivity index (χ0n) is 13.5. The standard InChI is InChI=1S/C17H17BrN2O4S/c1-25(23,24)15-7-5-12(6-8-15)16(21)19-9-10-20-17(22)13-3-2-4-14(18)11-13/h2-8,11H,9-10H2,1H3,(H,19,21)(H,20,22). The molecule has 6 nitrogen and oxygen atoms in total. The number of hydrogen-bond acceptors (Lipinski definition) is 4. The number of halogens is 1. The number of benzene rings is 2. The lowest BCUT2D eigenvalue weighted by Crippen LogP contribution is -2.34. The van der Waals surface area contributed by atoms with E-state index in [1.54, 1.807) is 18.2 Å². The van der Waals surface area contributed by atoms with Crippen LogP contribution in [0.2, 0.25) is 0 Å². The molecule has 0 fully saturated rings. The Hall–Kier alpha value is -2.19. The molecule has 0 heterocycles. The molecular weight excluding hydrogens is 408 g/mol. The third-order valence-corrected chi connectivity index (χ3v) is 4.95. The second kappa shape index (κ2) is 8.26. The summed E-state index contributed by atoms with van der Waals surface area (Å²) in [4.78, 5) is 24.1. The SMILES string of the molecule is CS(=O)(=O)c1ccc(C(=O)NCCNC(=O)c2cccc(Br)c2)cc1. The number of carbonyl (C=O) groups excluding carboxylic acids is 2. The molecule has 2 rings (SSSR count). The van der Waals surface area contributed by atoms with Crippen LogP contribution in [0.25, 0.3) is 0 Å². The summed E-state index contributed by atoms with van der Waals surface area (Å²) in [7, 11) is -3.29. The van der Waals surface area contributed by atoms with Crippen LogP contribution in [0.4, 0.5) is 0 Å². The van der Waals surface area contributed by atoms with Crippen LogP contribution in [-0.2, 0) is 9.84 Å². The predicted octanol–water partition coefficient (Wildman–Crippen LogP) is 2.01. The maximum Gasteiger partial charge on any atom is 0.251 e. The number of hydrogen-bond donors (Lipinski definition) is 2. The lowest BCUT2D eigenvalue weighted by molar-refractivity contribution is 0.0927. The van der Waals surface area contributed by atoms with Crippen molar-refractivity contribution < 1.29 is 18.0 Å². The van der Waals surface area contributed by atoms with Crippen molar-refractivity contribution in [1.82, 2.24) is 10.6 Å². The fraction of sp³-hybridized carbons (Fsp3) is 0.176. The minimum absolute atomic E-state index is 0.158. The number of amides is 2. The summed E-state index contributed by atoms with van der Waals surface area (Å²) < 4.78 is 23.6. The van der Waals surface area contributed by atoms with Gasteiger partial charge in [0.1, 0.15) is 0 Å². The van der Waals surface area contributed by atoms with Crippen molar-refractivity contribution in [3.63, 3.8) is 0 Å². The molecule has 2 aromatic carbocycles. The van der Waals surface area contributed by atoms with Gasteiger partial charge in [0, 0.05) is 34.9 Å². The molecule has 0 unspecified atom stereocenters. The highest BCUT2D eigenvalue weighted by atomic mass is 79.9. The van der Waals surface area contributed by atoms with Crippen LogP contribution in [0.5, 0.6) is 0 Å². The molecule has 2 amide bonds. The van der Waals surface area contributed by atoms with Gasteiger partial charge in [0.2, 0.25) is 0 Å². The van der Waals surface area contributed by atoms with Crippen LogP contribution >= 0.6 is 15.9 Å². The van der Waals surface area contributed by atoms with Gasteiger partial charge in [-0.1, -0.05) is 22.0 Å². The fourth-order valence-corrected chi connectivity index (χ4v) is 3.07. The smallest absolute Gasteiger partial charge is 0.251 e. The van der Waals surface area contributed by atoms with Crippen molar-refractivity contribution in [2.75, 3.05) is 19.3 Å². The Labute approximate surface area is 154 Å². The third-order valence-electron chi connectivity index (χ3n) is 3.33. The van der Waals surface area contributed by atoms with Crippen molar-refractivity contribution in [3.8, 4) is 0 Å². The molecule has 8 heteroatoms. The topological polar surface area (TPSA) is 92.3 Å². The van der Waals surface area contributed by atoms with Gasteiger partial charge in [-0.2, -0.15) is 0 Å². The maximum absolute atomic E-state index is 12.0. The van der Waals surface area contributed by atoms with E-state index in [-0.39, 0.29) is 29.8 Å². The van der Waals surface area contributed by atoms with E-state index in [1.807, 2.05) is 6.07 Å². The second-order valence-electron chi connectivity index (χ2n) is 5.32. The van der Waals surface area contributed by atoms with E-state index >= 15 is 0 Å². The van der Waals surface area contributed by atoms with Crippen LogP contribution in [0, 0.1) is 0 Å². The van der Waals surface area contributed by atoms with Crippen molar-refractivity contribution >= 4 is 37.6 Å². The Bertz CT molecular complexity index is 880. The first kappa shape index (κ1) is 19.1. The molecule has 25 heavy (non-hydrogen) atoms. The van der Waals surface area contributed by atoms with Gasteiger partial charge < -0.3 is 10.6 Å². The molecule has 0 atom stereocenters. The first-order valence-corrected chi connectivity index (χ1v) is 10.1. The highest BCUT2D eigenvalue weighted by Gasteiger charge is 2.10. The van der Waals surface area contributed by atoms with E-state index in [2.05, 4.69) is 26.6 Å². The third kappa shape index (κ3) is 5.68. The Balaban J connectivity index is 1.81. The largest absolute Gasteiger partial charge is 0.350 e. The minimum Gasteiger partial charge on any atom is -0.350 e. The summed E-state index contributed by atoms with van der Waals surface area (Å²) in [5.74, 6) is -0.565. The van der Waals surface area contributed by atoms with Crippen molar-refractivity contribution in [3.05, 3.63) is 64.1 Å². The summed E-state index contributed by atoms with van der Waals surface area (Å²) in [6.45, 7) is 0.533. The van der Waals surface area contributed by atoms with Gasteiger partial charge in [-0.25, -0.2) is 8.42 Å². The molecule has 0 spiro atoms. The average molecular weight is 425 g/mol. The summed E-state index contributed by atoms with van der Waals surface area (Å²) in [6, 6.07) is 12.7. The van der Waals surface area contributed by atoms with Crippen LogP contribution < -0.4 is 10.6 Å². The molecule has 0 radical (unpaired) electrons. The second-order valence-corrected chi connectivity index (χ2v) is 8.25. The highest BCUT2D eigenvalue weighted by molar-refractivity contribution is 9.10. The van der Waals surface area contributed by atoms with Crippen molar-refractivity contribution in [1.29, 1.82) is 0 Å². The molecule has 0 aliphatic carbocycles. The van der Waals surface area contributed by atoms with Crippen LogP contribution in [-0.4, -0.2) is 39.6 Å². The number of rotatable bonds is 6. The minimum atomic E-state index is -3.29. The van der Waals surface area contributed by atoms with Gasteiger partial charge >= 0.3 is 0 Å². The molecule has 0 saturated heterocycles. The number of carbonyl (C=O) groups is 2. The number of sulfone groups is 1. The van der Waals surface area contributed by atoms with E-state index in [0.29, 0.717) is 11.1 Å². The monoisotopic (exact) mass is 424 g/mol. The van der Waals surface area contributed by atoms with E-state index in [0.717, 1.165) is 10.7 Å². The van der Waals surface area contributed by atoms with Gasteiger partial charge in [0.05, 0.1) is 4.90 Å². The van der Waals surface area contributed by atoms with E-state index in [4.69, 9.17) is 0 Å². The quantitative estimate of drug-likeness (QED) is 0.693. The molecule has 0 aliphatic rings. The molecule has 0 aliphatic heterocycles.